The number of hydrogen-bond donors (Lipinski definition) is 1. The van der Waals surface area contributed by atoms with E-state index in [1.807, 2.05) is 42.5 Å². The van der Waals surface area contributed by atoms with Crippen molar-refractivity contribution in [1.29, 1.82) is 0 Å². The number of halogens is 2. The third-order valence-electron chi connectivity index (χ3n) is 2.62. The van der Waals surface area contributed by atoms with Crippen LogP contribution in [0.2, 0.25) is 0 Å². The fourth-order valence-corrected chi connectivity index (χ4v) is 2.46. The quantitative estimate of drug-likeness (QED) is 0.719. The number of nitrogens with one attached hydrogen (secondary N) is 1. The van der Waals surface area contributed by atoms with Gasteiger partial charge in [0, 0.05) is 21.2 Å². The molecule has 2 aromatic carbocycles. The number of ether oxygens (including phenoxy) is 1. The highest BCUT2D eigenvalue weighted by molar-refractivity contribution is 9.10. The average Bonchev–Trinajstić information content (AvgIpc) is 2.40. The summed E-state index contributed by atoms with van der Waals surface area (Å²) in [4.78, 5) is 0. The van der Waals surface area contributed by atoms with Crippen LogP contribution in [-0.2, 0) is 11.3 Å². The van der Waals surface area contributed by atoms with Gasteiger partial charge in [-0.1, -0.05) is 56.1 Å². The lowest BCUT2D eigenvalue weighted by molar-refractivity contribution is 0.130. The Hall–Kier alpha value is -0.840. The fraction of sp³-hybridized carbons (Fsp3) is 0.200. The van der Waals surface area contributed by atoms with E-state index in [4.69, 9.17) is 4.74 Å². The smallest absolute Gasteiger partial charge is 0.0728 e. The summed E-state index contributed by atoms with van der Waals surface area (Å²) >= 11 is 6.96. The van der Waals surface area contributed by atoms with Crippen LogP contribution in [0, 0.1) is 0 Å². The van der Waals surface area contributed by atoms with Crippen molar-refractivity contribution in [2.24, 2.45) is 0 Å². The lowest BCUT2D eigenvalue weighted by atomic mass is 10.2. The second-order valence-corrected chi connectivity index (χ2v) is 5.85. The highest BCUT2D eigenvalue weighted by Gasteiger charge is 1.98. The molecule has 0 amide bonds. The summed E-state index contributed by atoms with van der Waals surface area (Å²) in [5.74, 6) is 0. The summed E-state index contributed by atoms with van der Waals surface area (Å²) in [6.45, 7) is 2.09. The standard InChI is InChI=1S/C15H15Br2NO/c16-13-5-3-6-14(10-13)18-8-9-19-11-12-4-1-2-7-15(12)17/h1-7,10,18H,8-9,11H2. The summed E-state index contributed by atoms with van der Waals surface area (Å²) in [7, 11) is 0. The Morgan fingerprint density at radius 3 is 2.63 bits per heavy atom. The van der Waals surface area contributed by atoms with Crippen molar-refractivity contribution in [2.75, 3.05) is 18.5 Å². The van der Waals surface area contributed by atoms with Gasteiger partial charge in [0.15, 0.2) is 0 Å². The molecule has 0 heterocycles. The van der Waals surface area contributed by atoms with Gasteiger partial charge in [-0.25, -0.2) is 0 Å². The molecular formula is C15H15Br2NO. The molecule has 0 atom stereocenters. The van der Waals surface area contributed by atoms with Crippen molar-refractivity contribution >= 4 is 37.5 Å². The SMILES string of the molecule is Brc1cccc(NCCOCc2ccccc2Br)c1. The minimum Gasteiger partial charge on any atom is -0.383 e. The summed E-state index contributed by atoms with van der Waals surface area (Å²) in [6.07, 6.45) is 0. The molecule has 2 rings (SSSR count). The lowest BCUT2D eigenvalue weighted by Crippen LogP contribution is -2.09. The van der Waals surface area contributed by atoms with Gasteiger partial charge in [-0.3, -0.25) is 0 Å². The van der Waals surface area contributed by atoms with Crippen LogP contribution in [0.4, 0.5) is 5.69 Å². The third-order valence-corrected chi connectivity index (χ3v) is 3.88. The van der Waals surface area contributed by atoms with E-state index >= 15 is 0 Å². The lowest BCUT2D eigenvalue weighted by Gasteiger charge is -2.08. The Kier molecular flexibility index (Phi) is 5.89. The van der Waals surface area contributed by atoms with Crippen LogP contribution < -0.4 is 5.32 Å². The molecule has 2 aromatic rings. The number of hydrogen-bond acceptors (Lipinski definition) is 2. The Labute approximate surface area is 130 Å². The summed E-state index contributed by atoms with van der Waals surface area (Å²) < 4.78 is 7.82. The zero-order chi connectivity index (χ0) is 13.5. The molecule has 0 radical (unpaired) electrons. The van der Waals surface area contributed by atoms with Gasteiger partial charge in [0.2, 0.25) is 0 Å². The molecule has 0 spiro atoms. The second kappa shape index (κ2) is 7.68. The van der Waals surface area contributed by atoms with Gasteiger partial charge in [-0.2, -0.15) is 0 Å². The van der Waals surface area contributed by atoms with E-state index in [1.54, 1.807) is 0 Å². The molecule has 100 valence electrons. The van der Waals surface area contributed by atoms with Crippen molar-refractivity contribution in [3.8, 4) is 0 Å². The Morgan fingerprint density at radius 1 is 1.00 bits per heavy atom. The predicted octanol–water partition coefficient (Wildman–Crippen LogP) is 4.84. The van der Waals surface area contributed by atoms with Crippen molar-refractivity contribution in [2.45, 2.75) is 6.61 Å². The number of rotatable bonds is 6. The van der Waals surface area contributed by atoms with Gasteiger partial charge in [-0.15, -0.1) is 0 Å². The molecule has 0 aromatic heterocycles. The van der Waals surface area contributed by atoms with Crippen LogP contribution in [0.5, 0.6) is 0 Å². The van der Waals surface area contributed by atoms with Crippen LogP contribution in [0.3, 0.4) is 0 Å². The molecule has 0 saturated carbocycles. The minimum atomic E-state index is 0.627. The Bertz CT molecular complexity index is 531. The van der Waals surface area contributed by atoms with Crippen molar-refractivity contribution in [3.05, 3.63) is 63.0 Å². The monoisotopic (exact) mass is 383 g/mol. The van der Waals surface area contributed by atoms with Crippen LogP contribution in [0.15, 0.2) is 57.5 Å². The van der Waals surface area contributed by atoms with Gasteiger partial charge in [0.1, 0.15) is 0 Å². The molecule has 2 nitrogen and oxygen atoms in total. The van der Waals surface area contributed by atoms with E-state index in [-0.39, 0.29) is 0 Å². The van der Waals surface area contributed by atoms with Crippen LogP contribution >= 0.6 is 31.9 Å². The topological polar surface area (TPSA) is 21.3 Å². The van der Waals surface area contributed by atoms with Gasteiger partial charge in [0.25, 0.3) is 0 Å². The van der Waals surface area contributed by atoms with E-state index in [1.165, 1.54) is 5.56 Å². The maximum atomic E-state index is 5.65. The summed E-state index contributed by atoms with van der Waals surface area (Å²) in [5, 5.41) is 3.32. The molecule has 0 aliphatic carbocycles. The molecule has 19 heavy (non-hydrogen) atoms. The zero-order valence-corrected chi connectivity index (χ0v) is 13.6. The first-order valence-corrected chi connectivity index (χ1v) is 7.65. The van der Waals surface area contributed by atoms with Crippen LogP contribution in [-0.4, -0.2) is 13.2 Å². The van der Waals surface area contributed by atoms with E-state index in [0.29, 0.717) is 13.2 Å². The van der Waals surface area contributed by atoms with E-state index in [2.05, 4.69) is 43.2 Å². The predicted molar refractivity (Wildman–Crippen MR) is 86.4 cm³/mol. The van der Waals surface area contributed by atoms with Crippen molar-refractivity contribution in [1.82, 2.24) is 0 Å². The molecule has 0 aliphatic heterocycles. The molecule has 0 unspecified atom stereocenters. The maximum Gasteiger partial charge on any atom is 0.0728 e. The van der Waals surface area contributed by atoms with Gasteiger partial charge in [-0.05, 0) is 29.8 Å². The molecular weight excluding hydrogens is 370 g/mol. The molecule has 1 N–H and O–H groups in total. The van der Waals surface area contributed by atoms with Crippen molar-refractivity contribution < 1.29 is 4.74 Å². The first-order valence-electron chi connectivity index (χ1n) is 6.06. The van der Waals surface area contributed by atoms with E-state index in [0.717, 1.165) is 21.2 Å². The Balaban J connectivity index is 1.69. The fourth-order valence-electron chi connectivity index (χ4n) is 1.66. The molecule has 0 saturated heterocycles. The summed E-state index contributed by atoms with van der Waals surface area (Å²) in [6, 6.07) is 16.2. The Morgan fingerprint density at radius 2 is 1.84 bits per heavy atom. The zero-order valence-electron chi connectivity index (χ0n) is 10.4. The molecule has 0 fully saturated rings. The van der Waals surface area contributed by atoms with Gasteiger partial charge in [0.05, 0.1) is 13.2 Å². The minimum absolute atomic E-state index is 0.627. The van der Waals surface area contributed by atoms with Gasteiger partial charge >= 0.3 is 0 Å². The van der Waals surface area contributed by atoms with Crippen LogP contribution in [0.25, 0.3) is 0 Å². The first-order chi connectivity index (χ1) is 9.25. The maximum absolute atomic E-state index is 5.65. The normalized spacial score (nSPS) is 10.4. The molecule has 0 aliphatic rings. The van der Waals surface area contributed by atoms with Crippen LogP contribution in [0.1, 0.15) is 5.56 Å². The van der Waals surface area contributed by atoms with Crippen molar-refractivity contribution in [3.63, 3.8) is 0 Å². The largest absolute Gasteiger partial charge is 0.383 e. The number of anilines is 1. The first kappa shape index (κ1) is 14.6. The van der Waals surface area contributed by atoms with E-state index in [9.17, 15) is 0 Å². The highest BCUT2D eigenvalue weighted by atomic mass is 79.9. The second-order valence-electron chi connectivity index (χ2n) is 4.08. The highest BCUT2D eigenvalue weighted by Crippen LogP contribution is 2.17. The molecule has 4 heteroatoms. The average molecular weight is 385 g/mol. The third kappa shape index (κ3) is 4.97. The summed E-state index contributed by atoms with van der Waals surface area (Å²) in [5.41, 5.74) is 2.27. The molecule has 0 bridgehead atoms. The number of benzene rings is 2. The van der Waals surface area contributed by atoms with Gasteiger partial charge < -0.3 is 10.1 Å². The van der Waals surface area contributed by atoms with E-state index < -0.39 is 0 Å².